The van der Waals surface area contributed by atoms with Gasteiger partial charge in [0.1, 0.15) is 5.55 Å². The Labute approximate surface area is 101 Å². The quantitative estimate of drug-likeness (QED) is 0.265. The maximum atomic E-state index is 5.98. The highest BCUT2D eigenvalue weighted by Crippen LogP contribution is 2.24. The van der Waals surface area contributed by atoms with Crippen LogP contribution in [0.2, 0.25) is 24.7 Å². The van der Waals surface area contributed by atoms with Crippen LogP contribution in [0.15, 0.2) is 34.3 Å². The molecule has 82 valence electrons. The van der Waals surface area contributed by atoms with Crippen molar-refractivity contribution in [3.63, 3.8) is 0 Å². The summed E-state index contributed by atoms with van der Waals surface area (Å²) in [4.78, 5) is 0.988. The van der Waals surface area contributed by atoms with Crippen LogP contribution in [-0.4, -0.2) is 13.9 Å². The Hall–Kier alpha value is -0.453. The number of thioether (sulfide) groups is 1. The molecule has 0 aromatic heterocycles. The number of halogens is 1. The van der Waals surface area contributed by atoms with E-state index in [1.54, 1.807) is 5.55 Å². The first kappa shape index (κ1) is 12.6. The average Bonchev–Trinajstić information content (AvgIpc) is 2.13. The molecule has 0 heterocycles. The summed E-state index contributed by atoms with van der Waals surface area (Å²) in [6.07, 6.45) is 0. The van der Waals surface area contributed by atoms with Gasteiger partial charge in [-0.25, -0.2) is 0 Å². The largest absolute Gasteiger partial charge is 0.455 e. The third kappa shape index (κ3) is 5.25. The van der Waals surface area contributed by atoms with Gasteiger partial charge in [0.05, 0.1) is 5.02 Å². The molecule has 0 spiro atoms. The second-order valence-corrected chi connectivity index (χ2v) is 9.66. The molecular formula is C10H14ClNOSSi. The number of hydrogen-bond acceptors (Lipinski definition) is 3. The van der Waals surface area contributed by atoms with Gasteiger partial charge in [-0.3, -0.25) is 0 Å². The van der Waals surface area contributed by atoms with Crippen LogP contribution in [0.25, 0.3) is 0 Å². The van der Waals surface area contributed by atoms with Crippen molar-refractivity contribution in [1.82, 2.24) is 0 Å². The van der Waals surface area contributed by atoms with Crippen molar-refractivity contribution in [2.24, 2.45) is 5.16 Å². The molecule has 15 heavy (non-hydrogen) atoms. The zero-order chi connectivity index (χ0) is 11.3. The Bertz CT molecular complexity index is 352. The van der Waals surface area contributed by atoms with E-state index in [-0.39, 0.29) is 0 Å². The van der Waals surface area contributed by atoms with Crippen molar-refractivity contribution in [1.29, 1.82) is 0 Å². The number of hydrogen-bond donors (Lipinski definition) is 0. The van der Waals surface area contributed by atoms with Gasteiger partial charge in [0.15, 0.2) is 0 Å². The van der Waals surface area contributed by atoms with Gasteiger partial charge in [-0.2, -0.15) is 0 Å². The number of rotatable bonds is 4. The molecule has 0 N–H and O–H groups in total. The van der Waals surface area contributed by atoms with Crippen molar-refractivity contribution in [2.75, 3.05) is 0 Å². The van der Waals surface area contributed by atoms with Crippen molar-refractivity contribution in [3.05, 3.63) is 29.3 Å². The van der Waals surface area contributed by atoms with Crippen molar-refractivity contribution >= 4 is 37.2 Å². The van der Waals surface area contributed by atoms with Crippen molar-refractivity contribution in [2.45, 2.75) is 24.5 Å². The topological polar surface area (TPSA) is 21.6 Å². The molecule has 5 heteroatoms. The SMILES string of the molecule is C[Si](C)(C)O/N=C/Sc1ccccc1Cl. The van der Waals surface area contributed by atoms with Gasteiger partial charge in [-0.15, -0.1) is 5.16 Å². The summed E-state index contributed by atoms with van der Waals surface area (Å²) in [5.74, 6) is 0. The zero-order valence-corrected chi connectivity index (χ0v) is 11.6. The van der Waals surface area contributed by atoms with E-state index in [9.17, 15) is 0 Å². The Balaban J connectivity index is 2.47. The number of oxime groups is 1. The number of nitrogens with zero attached hydrogens (tertiary/aromatic N) is 1. The third-order valence-corrected chi connectivity index (χ3v) is 3.28. The van der Waals surface area contributed by atoms with Gasteiger partial charge in [-0.05, 0) is 31.8 Å². The minimum atomic E-state index is -1.55. The molecule has 0 saturated heterocycles. The molecule has 0 aliphatic rings. The lowest BCUT2D eigenvalue weighted by Crippen LogP contribution is -2.21. The first-order valence-electron chi connectivity index (χ1n) is 4.60. The van der Waals surface area contributed by atoms with E-state index >= 15 is 0 Å². The molecule has 1 rings (SSSR count). The van der Waals surface area contributed by atoms with Gasteiger partial charge in [0.25, 0.3) is 8.32 Å². The summed E-state index contributed by atoms with van der Waals surface area (Å²) in [7, 11) is -1.55. The molecule has 0 amide bonds. The predicted molar refractivity (Wildman–Crippen MR) is 70.2 cm³/mol. The van der Waals surface area contributed by atoms with E-state index < -0.39 is 8.32 Å². The average molecular weight is 260 g/mol. The molecular weight excluding hydrogens is 246 g/mol. The van der Waals surface area contributed by atoms with Crippen LogP contribution < -0.4 is 0 Å². The molecule has 0 unspecified atom stereocenters. The molecule has 0 atom stereocenters. The standard InChI is InChI=1S/C10H14ClNOSSi/c1-15(2,3)13-12-8-14-10-7-5-4-6-9(10)11/h4-8H,1-3H3/b12-8+. The van der Waals surface area contributed by atoms with Gasteiger partial charge >= 0.3 is 0 Å². The highest BCUT2D eigenvalue weighted by molar-refractivity contribution is 8.12. The van der Waals surface area contributed by atoms with Gasteiger partial charge < -0.3 is 4.53 Å². The minimum Gasteiger partial charge on any atom is -0.455 e. The molecule has 1 aromatic carbocycles. The molecule has 0 radical (unpaired) electrons. The lowest BCUT2D eigenvalue weighted by atomic mass is 10.4. The Morgan fingerprint density at radius 2 is 2.00 bits per heavy atom. The fourth-order valence-electron chi connectivity index (χ4n) is 0.798. The fraction of sp³-hybridized carbons (Fsp3) is 0.300. The van der Waals surface area contributed by atoms with Crippen molar-refractivity contribution < 1.29 is 4.53 Å². The molecule has 1 aromatic rings. The van der Waals surface area contributed by atoms with Crippen LogP contribution in [0.1, 0.15) is 0 Å². The summed E-state index contributed by atoms with van der Waals surface area (Å²) in [5, 5.41) is 4.66. The Morgan fingerprint density at radius 1 is 1.33 bits per heavy atom. The van der Waals surface area contributed by atoms with Crippen LogP contribution in [0.3, 0.4) is 0 Å². The van der Waals surface area contributed by atoms with E-state index in [0.717, 1.165) is 9.92 Å². The maximum absolute atomic E-state index is 5.98. The highest BCUT2D eigenvalue weighted by Gasteiger charge is 2.15. The maximum Gasteiger partial charge on any atom is 0.278 e. The Morgan fingerprint density at radius 3 is 2.60 bits per heavy atom. The number of benzene rings is 1. The molecule has 0 saturated carbocycles. The second kappa shape index (κ2) is 5.58. The first-order chi connectivity index (χ1) is 6.99. The van der Waals surface area contributed by atoms with E-state index in [1.807, 2.05) is 24.3 Å². The lowest BCUT2D eigenvalue weighted by molar-refractivity contribution is 0.339. The molecule has 0 fully saturated rings. The van der Waals surface area contributed by atoms with Crippen LogP contribution in [0, 0.1) is 0 Å². The second-order valence-electron chi connectivity index (χ2n) is 3.96. The Kier molecular flexibility index (Phi) is 4.69. The van der Waals surface area contributed by atoms with E-state index in [1.165, 1.54) is 11.8 Å². The summed E-state index contributed by atoms with van der Waals surface area (Å²) in [6.45, 7) is 6.26. The normalized spacial score (nSPS) is 12.0. The van der Waals surface area contributed by atoms with Gasteiger partial charge in [0.2, 0.25) is 0 Å². The minimum absolute atomic E-state index is 0.738. The van der Waals surface area contributed by atoms with Crippen LogP contribution in [0.5, 0.6) is 0 Å². The summed E-state index contributed by atoms with van der Waals surface area (Å²) >= 11 is 7.44. The van der Waals surface area contributed by atoms with Crippen LogP contribution in [-0.2, 0) is 4.53 Å². The summed E-state index contributed by atoms with van der Waals surface area (Å²) in [5.41, 5.74) is 1.68. The van der Waals surface area contributed by atoms with Crippen molar-refractivity contribution in [3.8, 4) is 0 Å². The van der Waals surface area contributed by atoms with Crippen LogP contribution >= 0.6 is 23.4 Å². The zero-order valence-electron chi connectivity index (χ0n) is 9.03. The van der Waals surface area contributed by atoms with E-state index in [0.29, 0.717) is 0 Å². The van der Waals surface area contributed by atoms with E-state index in [4.69, 9.17) is 16.1 Å². The molecule has 2 nitrogen and oxygen atoms in total. The van der Waals surface area contributed by atoms with E-state index in [2.05, 4.69) is 24.8 Å². The monoisotopic (exact) mass is 259 g/mol. The first-order valence-corrected chi connectivity index (χ1v) is 9.27. The smallest absolute Gasteiger partial charge is 0.278 e. The molecule has 0 aliphatic carbocycles. The molecule has 0 bridgehead atoms. The fourth-order valence-corrected chi connectivity index (χ4v) is 2.05. The lowest BCUT2D eigenvalue weighted by Gasteiger charge is -2.11. The third-order valence-electron chi connectivity index (χ3n) is 1.39. The van der Waals surface area contributed by atoms with Gasteiger partial charge in [-0.1, -0.05) is 35.5 Å². The highest BCUT2D eigenvalue weighted by atomic mass is 35.5. The molecule has 0 aliphatic heterocycles. The summed E-state index contributed by atoms with van der Waals surface area (Å²) < 4.78 is 5.34. The summed E-state index contributed by atoms with van der Waals surface area (Å²) in [6, 6.07) is 7.66. The van der Waals surface area contributed by atoms with Crippen LogP contribution in [0.4, 0.5) is 0 Å². The predicted octanol–water partition coefficient (Wildman–Crippen LogP) is 4.23. The van der Waals surface area contributed by atoms with Gasteiger partial charge in [0, 0.05) is 4.90 Å².